The Morgan fingerprint density at radius 2 is 1.69 bits per heavy atom. The molecular formula is C27H26ClNO6. The van der Waals surface area contributed by atoms with Gasteiger partial charge >= 0.3 is 11.9 Å². The van der Waals surface area contributed by atoms with Crippen LogP contribution in [-0.4, -0.2) is 40.7 Å². The van der Waals surface area contributed by atoms with Crippen LogP contribution < -0.4 is 4.90 Å². The van der Waals surface area contributed by atoms with E-state index in [1.807, 2.05) is 20.8 Å². The van der Waals surface area contributed by atoms with Crippen LogP contribution in [0.4, 0.5) is 5.69 Å². The number of amides is 1. The number of benzene rings is 3. The van der Waals surface area contributed by atoms with Crippen molar-refractivity contribution in [3.63, 3.8) is 0 Å². The fourth-order valence-corrected chi connectivity index (χ4v) is 4.66. The number of ether oxygens (including phenoxy) is 1. The fraction of sp³-hybridized carbons (Fsp3) is 0.296. The molecular weight excluding hydrogens is 470 g/mol. The molecule has 182 valence electrons. The summed E-state index contributed by atoms with van der Waals surface area (Å²) in [4.78, 5) is 38.7. The number of hydrogen-bond donors (Lipinski definition) is 2. The minimum Gasteiger partial charge on any atom is -0.481 e. The molecule has 2 atom stereocenters. The Kier molecular flexibility index (Phi) is 6.58. The number of rotatable bonds is 5. The second-order valence-corrected chi connectivity index (χ2v) is 10.3. The molecule has 0 radical (unpaired) electrons. The van der Waals surface area contributed by atoms with Crippen LogP contribution in [-0.2, 0) is 14.3 Å². The van der Waals surface area contributed by atoms with Crippen LogP contribution in [0.15, 0.2) is 54.6 Å². The Balaban J connectivity index is 1.99. The average Bonchev–Trinajstić information content (AvgIpc) is 2.87. The van der Waals surface area contributed by atoms with E-state index in [2.05, 4.69) is 0 Å². The Morgan fingerprint density at radius 1 is 1.00 bits per heavy atom. The second kappa shape index (κ2) is 9.32. The summed E-state index contributed by atoms with van der Waals surface area (Å²) in [6.45, 7) is 6.31. The minimum absolute atomic E-state index is 0.136. The number of anilines is 1. The lowest BCUT2D eigenvalue weighted by Crippen LogP contribution is -2.44. The van der Waals surface area contributed by atoms with Crippen molar-refractivity contribution in [3.05, 3.63) is 76.3 Å². The van der Waals surface area contributed by atoms with Crippen molar-refractivity contribution in [2.75, 3.05) is 11.4 Å². The van der Waals surface area contributed by atoms with Crippen LogP contribution >= 0.6 is 11.6 Å². The fourth-order valence-electron chi connectivity index (χ4n) is 4.48. The molecule has 1 amide bonds. The van der Waals surface area contributed by atoms with Crippen molar-refractivity contribution < 1.29 is 29.3 Å². The predicted octanol–water partition coefficient (Wildman–Crippen LogP) is 5.53. The van der Waals surface area contributed by atoms with Gasteiger partial charge in [0.2, 0.25) is 0 Å². The average molecular weight is 496 g/mol. The standard InChI is InChI=1S/C27H26ClNO6/c1-27(2,3)14-29-21-11-8-15(28)12-20(21)24(35-22(25(29)32)13-23(30)31)18-9-10-19(26(33)34)17-7-5-4-6-16(17)18/h4-12,22,24H,13-14H2,1-3H3,(H,30,31)(H,33,34)/t22-,24-/m0/s1. The number of carboxylic acid groups (broad SMARTS) is 2. The van der Waals surface area contributed by atoms with Crippen molar-refractivity contribution in [1.82, 2.24) is 0 Å². The van der Waals surface area contributed by atoms with Gasteiger partial charge in [0.15, 0.2) is 0 Å². The third-order valence-corrected chi connectivity index (χ3v) is 6.10. The first-order chi connectivity index (χ1) is 16.5. The summed E-state index contributed by atoms with van der Waals surface area (Å²) < 4.78 is 6.28. The summed E-state index contributed by atoms with van der Waals surface area (Å²) in [5.74, 6) is -2.67. The molecule has 0 aromatic heterocycles. The van der Waals surface area contributed by atoms with E-state index in [9.17, 15) is 24.6 Å². The van der Waals surface area contributed by atoms with E-state index in [0.717, 1.165) is 0 Å². The van der Waals surface area contributed by atoms with E-state index in [-0.39, 0.29) is 11.0 Å². The molecule has 0 unspecified atom stereocenters. The summed E-state index contributed by atoms with van der Waals surface area (Å²) >= 11 is 6.37. The van der Waals surface area contributed by atoms with Gasteiger partial charge in [0, 0.05) is 22.8 Å². The quantitative estimate of drug-likeness (QED) is 0.482. The maximum atomic E-state index is 13.6. The first kappa shape index (κ1) is 24.7. The van der Waals surface area contributed by atoms with Crippen LogP contribution in [0, 0.1) is 5.41 Å². The van der Waals surface area contributed by atoms with Crippen molar-refractivity contribution in [2.45, 2.75) is 39.4 Å². The van der Waals surface area contributed by atoms with Gasteiger partial charge in [-0.1, -0.05) is 62.7 Å². The number of fused-ring (bicyclic) bond motifs is 2. The molecule has 1 aliphatic heterocycles. The Morgan fingerprint density at radius 3 is 2.31 bits per heavy atom. The number of aliphatic carboxylic acids is 1. The van der Waals surface area contributed by atoms with Gasteiger partial charge in [-0.15, -0.1) is 0 Å². The van der Waals surface area contributed by atoms with Gasteiger partial charge in [-0.25, -0.2) is 4.79 Å². The molecule has 4 rings (SSSR count). The van der Waals surface area contributed by atoms with Crippen molar-refractivity contribution >= 4 is 45.9 Å². The Hall–Kier alpha value is -3.42. The monoisotopic (exact) mass is 495 g/mol. The van der Waals surface area contributed by atoms with E-state index < -0.39 is 36.5 Å². The minimum atomic E-state index is -1.25. The third-order valence-electron chi connectivity index (χ3n) is 5.87. The molecule has 1 heterocycles. The highest BCUT2D eigenvalue weighted by Gasteiger charge is 2.39. The number of nitrogens with zero attached hydrogens (tertiary/aromatic N) is 1. The van der Waals surface area contributed by atoms with Gasteiger partial charge in [0.1, 0.15) is 12.2 Å². The number of carboxylic acids is 2. The Bertz CT molecular complexity index is 1330. The molecule has 0 saturated heterocycles. The van der Waals surface area contributed by atoms with Gasteiger partial charge in [-0.05, 0) is 46.0 Å². The highest BCUT2D eigenvalue weighted by molar-refractivity contribution is 6.30. The molecule has 3 aromatic rings. The maximum Gasteiger partial charge on any atom is 0.336 e. The number of halogens is 1. The third kappa shape index (κ3) is 5.01. The SMILES string of the molecule is CC(C)(C)CN1C(=O)[C@H](CC(=O)O)O[C@@H](c2ccc(C(=O)O)c3ccccc23)c2cc(Cl)ccc21. The number of aromatic carboxylic acids is 1. The van der Waals surface area contributed by atoms with Crippen molar-refractivity contribution in [2.24, 2.45) is 5.41 Å². The molecule has 0 fully saturated rings. The second-order valence-electron chi connectivity index (χ2n) is 9.84. The lowest BCUT2D eigenvalue weighted by atomic mass is 9.91. The summed E-state index contributed by atoms with van der Waals surface area (Å²) in [5.41, 5.74) is 1.66. The van der Waals surface area contributed by atoms with Gasteiger partial charge in [0.05, 0.1) is 12.0 Å². The molecule has 7 nitrogen and oxygen atoms in total. The predicted molar refractivity (Wildman–Crippen MR) is 133 cm³/mol. The van der Waals surface area contributed by atoms with E-state index in [1.165, 1.54) is 6.07 Å². The first-order valence-electron chi connectivity index (χ1n) is 11.2. The van der Waals surface area contributed by atoms with Crippen LogP contribution in [0.5, 0.6) is 0 Å². The maximum absolute atomic E-state index is 13.6. The van der Waals surface area contributed by atoms with Crippen molar-refractivity contribution in [3.8, 4) is 0 Å². The van der Waals surface area contributed by atoms with Crippen LogP contribution in [0.25, 0.3) is 10.8 Å². The molecule has 1 aliphatic rings. The van der Waals surface area contributed by atoms with E-state index in [1.54, 1.807) is 53.4 Å². The van der Waals surface area contributed by atoms with Crippen LogP contribution in [0.2, 0.25) is 5.02 Å². The summed E-state index contributed by atoms with van der Waals surface area (Å²) in [5, 5.41) is 20.8. The smallest absolute Gasteiger partial charge is 0.336 e. The number of carbonyl (C=O) groups is 3. The summed E-state index contributed by atoms with van der Waals surface area (Å²) in [7, 11) is 0. The first-order valence-corrected chi connectivity index (χ1v) is 11.6. The van der Waals surface area contributed by atoms with Gasteiger partial charge < -0.3 is 19.8 Å². The Labute approximate surface area is 207 Å². The van der Waals surface area contributed by atoms with Crippen LogP contribution in [0.1, 0.15) is 54.8 Å². The topological polar surface area (TPSA) is 104 Å². The molecule has 2 N–H and O–H groups in total. The van der Waals surface area contributed by atoms with Gasteiger partial charge in [0.25, 0.3) is 5.91 Å². The summed E-state index contributed by atoms with van der Waals surface area (Å²) in [6, 6.07) is 15.3. The van der Waals surface area contributed by atoms with E-state index in [4.69, 9.17) is 16.3 Å². The zero-order valence-electron chi connectivity index (χ0n) is 19.6. The molecule has 3 aromatic carbocycles. The van der Waals surface area contributed by atoms with Gasteiger partial charge in [-0.2, -0.15) is 0 Å². The molecule has 35 heavy (non-hydrogen) atoms. The van der Waals surface area contributed by atoms with E-state index >= 15 is 0 Å². The highest BCUT2D eigenvalue weighted by Crippen LogP contribution is 2.43. The van der Waals surface area contributed by atoms with Crippen molar-refractivity contribution in [1.29, 1.82) is 0 Å². The molecule has 8 heteroatoms. The summed E-state index contributed by atoms with van der Waals surface area (Å²) in [6.07, 6.45) is -2.61. The van der Waals surface area contributed by atoms with E-state index in [0.29, 0.717) is 39.2 Å². The zero-order valence-corrected chi connectivity index (χ0v) is 20.4. The molecule has 0 bridgehead atoms. The molecule has 0 spiro atoms. The van der Waals surface area contributed by atoms with Gasteiger partial charge in [-0.3, -0.25) is 9.59 Å². The lowest BCUT2D eigenvalue weighted by Gasteiger charge is -2.31. The van der Waals surface area contributed by atoms with Crippen LogP contribution in [0.3, 0.4) is 0 Å². The molecule has 0 aliphatic carbocycles. The molecule has 0 saturated carbocycles. The lowest BCUT2D eigenvalue weighted by molar-refractivity contribution is -0.147. The number of hydrogen-bond acceptors (Lipinski definition) is 4. The largest absolute Gasteiger partial charge is 0.481 e. The number of carbonyl (C=O) groups excluding carboxylic acids is 1. The normalized spacial score (nSPS) is 18.3. The zero-order chi connectivity index (χ0) is 25.5. The highest BCUT2D eigenvalue weighted by atomic mass is 35.5.